The summed E-state index contributed by atoms with van der Waals surface area (Å²) in [6.45, 7) is 0. The lowest BCUT2D eigenvalue weighted by molar-refractivity contribution is -0.137. The molecule has 0 aliphatic rings. The highest BCUT2D eigenvalue weighted by atomic mass is 32.1. The third-order valence-corrected chi connectivity index (χ3v) is 5.01. The average molecular weight is 337 g/mol. The van der Waals surface area contributed by atoms with E-state index in [9.17, 15) is 4.79 Å². The Morgan fingerprint density at radius 3 is 2.79 bits per heavy atom. The van der Waals surface area contributed by atoms with E-state index in [-0.39, 0.29) is 6.42 Å². The van der Waals surface area contributed by atoms with E-state index in [1.165, 1.54) is 20.5 Å². The molecule has 1 aromatic carbocycles. The van der Waals surface area contributed by atoms with E-state index >= 15 is 0 Å². The molecule has 0 unspecified atom stereocenters. The number of carbonyl (C=O) groups is 1. The maximum atomic E-state index is 10.6. The van der Waals surface area contributed by atoms with Gasteiger partial charge in [0.25, 0.3) is 0 Å². The lowest BCUT2D eigenvalue weighted by Gasteiger charge is -2.05. The second-order valence-corrected chi connectivity index (χ2v) is 6.73. The van der Waals surface area contributed by atoms with Gasteiger partial charge in [0.05, 0.1) is 0 Å². The molecule has 4 heteroatoms. The summed E-state index contributed by atoms with van der Waals surface area (Å²) in [6.07, 6.45) is 8.56. The zero-order valence-electron chi connectivity index (χ0n) is 13.3. The molecule has 0 aliphatic carbocycles. The predicted octanol–water partition coefficient (Wildman–Crippen LogP) is 5.37. The number of rotatable bonds is 7. The molecule has 0 fully saturated rings. The molecule has 3 aromatic rings. The molecule has 0 radical (unpaired) electrons. The third-order valence-electron chi connectivity index (χ3n) is 3.86. The molecule has 122 valence electrons. The van der Waals surface area contributed by atoms with Crippen LogP contribution in [0.4, 0.5) is 0 Å². The van der Waals surface area contributed by atoms with E-state index in [0.717, 1.165) is 18.4 Å². The topological polar surface area (TPSA) is 50.2 Å². The Hall–Kier alpha value is -2.46. The van der Waals surface area contributed by atoms with Crippen molar-refractivity contribution < 1.29 is 9.90 Å². The van der Waals surface area contributed by atoms with E-state index in [0.29, 0.717) is 6.42 Å². The summed E-state index contributed by atoms with van der Waals surface area (Å²) < 4.78 is 1.27. The van der Waals surface area contributed by atoms with Gasteiger partial charge < -0.3 is 5.11 Å². The normalized spacial score (nSPS) is 11.8. The standard InChI is InChI=1S/C20H19NO2S/c22-20(23)11-3-1-2-9-17(16-8-6-12-21-14-16)19-13-15-7-4-5-10-18(15)24-19/h4-10,12-14H,1-3,11H2,(H,22,23). The van der Waals surface area contributed by atoms with Crippen LogP contribution in [0.25, 0.3) is 15.7 Å². The molecule has 3 nitrogen and oxygen atoms in total. The zero-order chi connectivity index (χ0) is 16.8. The number of pyridine rings is 1. The fraction of sp³-hybridized carbons (Fsp3) is 0.200. The van der Waals surface area contributed by atoms with Crippen molar-refractivity contribution in [3.05, 3.63) is 71.4 Å². The minimum Gasteiger partial charge on any atom is -0.481 e. The second kappa shape index (κ2) is 7.88. The number of hydrogen-bond acceptors (Lipinski definition) is 3. The van der Waals surface area contributed by atoms with Gasteiger partial charge in [-0.05, 0) is 48.4 Å². The van der Waals surface area contributed by atoms with E-state index in [1.807, 2.05) is 12.3 Å². The van der Waals surface area contributed by atoms with Crippen LogP contribution in [-0.4, -0.2) is 16.1 Å². The van der Waals surface area contributed by atoms with Crippen LogP contribution in [-0.2, 0) is 4.79 Å². The van der Waals surface area contributed by atoms with Gasteiger partial charge in [-0.25, -0.2) is 0 Å². The quantitative estimate of drug-likeness (QED) is 0.589. The molecule has 2 aromatic heterocycles. The molecule has 24 heavy (non-hydrogen) atoms. The van der Waals surface area contributed by atoms with Gasteiger partial charge in [0.2, 0.25) is 0 Å². The van der Waals surface area contributed by atoms with E-state index in [2.05, 4.69) is 47.5 Å². The Kier molecular flexibility index (Phi) is 5.39. The average Bonchev–Trinajstić information content (AvgIpc) is 3.02. The monoisotopic (exact) mass is 337 g/mol. The minimum absolute atomic E-state index is 0.235. The predicted molar refractivity (Wildman–Crippen MR) is 99.2 cm³/mol. The Balaban J connectivity index is 1.86. The van der Waals surface area contributed by atoms with Gasteiger partial charge in [-0.15, -0.1) is 11.3 Å². The van der Waals surface area contributed by atoms with Crippen molar-refractivity contribution in [2.75, 3.05) is 0 Å². The largest absolute Gasteiger partial charge is 0.481 e. The number of aromatic nitrogens is 1. The number of carboxylic acids is 1. The van der Waals surface area contributed by atoms with Crippen molar-refractivity contribution in [1.29, 1.82) is 0 Å². The summed E-state index contributed by atoms with van der Waals surface area (Å²) in [5.74, 6) is -0.726. The van der Waals surface area contributed by atoms with E-state index in [4.69, 9.17) is 5.11 Å². The Labute approximate surface area is 145 Å². The summed E-state index contributed by atoms with van der Waals surface area (Å²) in [6, 6.07) is 14.6. The second-order valence-electron chi connectivity index (χ2n) is 5.65. The number of hydrogen-bond donors (Lipinski definition) is 1. The maximum absolute atomic E-state index is 10.6. The van der Waals surface area contributed by atoms with Gasteiger partial charge >= 0.3 is 5.97 Å². The molecule has 1 N–H and O–H groups in total. The fourth-order valence-electron chi connectivity index (χ4n) is 2.66. The van der Waals surface area contributed by atoms with Crippen molar-refractivity contribution in [3.8, 4) is 0 Å². The number of nitrogens with zero attached hydrogens (tertiary/aromatic N) is 1. The van der Waals surface area contributed by atoms with Crippen molar-refractivity contribution in [2.24, 2.45) is 0 Å². The Morgan fingerprint density at radius 1 is 1.17 bits per heavy atom. The summed E-state index contributed by atoms with van der Waals surface area (Å²) in [5.41, 5.74) is 2.28. The zero-order valence-corrected chi connectivity index (χ0v) is 14.1. The van der Waals surface area contributed by atoms with Crippen molar-refractivity contribution in [3.63, 3.8) is 0 Å². The minimum atomic E-state index is -0.726. The van der Waals surface area contributed by atoms with Gasteiger partial charge in [-0.1, -0.05) is 30.3 Å². The highest BCUT2D eigenvalue weighted by molar-refractivity contribution is 7.20. The van der Waals surface area contributed by atoms with Gasteiger partial charge in [-0.3, -0.25) is 9.78 Å². The highest BCUT2D eigenvalue weighted by Gasteiger charge is 2.09. The Bertz CT molecular complexity index is 819. The molecule has 0 saturated heterocycles. The first-order valence-electron chi connectivity index (χ1n) is 8.05. The first kappa shape index (κ1) is 16.4. The van der Waals surface area contributed by atoms with Crippen LogP contribution in [0.3, 0.4) is 0 Å². The summed E-state index contributed by atoms with van der Waals surface area (Å²) >= 11 is 1.78. The molecular formula is C20H19NO2S. The summed E-state index contributed by atoms with van der Waals surface area (Å²) in [5, 5.41) is 9.98. The molecule has 3 rings (SSSR count). The molecule has 0 saturated carbocycles. The third kappa shape index (κ3) is 4.09. The van der Waals surface area contributed by atoms with Crippen LogP contribution in [0, 0.1) is 0 Å². The van der Waals surface area contributed by atoms with Crippen LogP contribution in [0.2, 0.25) is 0 Å². The molecule has 0 amide bonds. The van der Waals surface area contributed by atoms with Crippen LogP contribution >= 0.6 is 11.3 Å². The fourth-order valence-corrected chi connectivity index (χ4v) is 3.79. The molecule has 2 heterocycles. The summed E-state index contributed by atoms with van der Waals surface area (Å²) in [7, 11) is 0. The van der Waals surface area contributed by atoms with Gasteiger partial charge in [0.15, 0.2) is 0 Å². The number of allylic oxidation sites excluding steroid dienone is 1. The molecule has 0 spiro atoms. The number of fused-ring (bicyclic) bond motifs is 1. The van der Waals surface area contributed by atoms with Crippen molar-refractivity contribution in [2.45, 2.75) is 25.7 Å². The van der Waals surface area contributed by atoms with Crippen LogP contribution in [0.1, 0.15) is 36.1 Å². The molecule has 0 aliphatic heterocycles. The smallest absolute Gasteiger partial charge is 0.303 e. The lowest BCUT2D eigenvalue weighted by atomic mass is 10.0. The summed E-state index contributed by atoms with van der Waals surface area (Å²) in [4.78, 5) is 16.1. The Morgan fingerprint density at radius 2 is 2.04 bits per heavy atom. The van der Waals surface area contributed by atoms with Crippen LogP contribution in [0.15, 0.2) is 60.9 Å². The number of benzene rings is 1. The maximum Gasteiger partial charge on any atom is 0.303 e. The van der Waals surface area contributed by atoms with Gasteiger partial charge in [-0.2, -0.15) is 0 Å². The van der Waals surface area contributed by atoms with Crippen molar-refractivity contribution >= 4 is 33.0 Å². The molecular weight excluding hydrogens is 318 g/mol. The van der Waals surface area contributed by atoms with Crippen molar-refractivity contribution in [1.82, 2.24) is 4.98 Å². The first-order valence-corrected chi connectivity index (χ1v) is 8.87. The highest BCUT2D eigenvalue weighted by Crippen LogP contribution is 2.34. The van der Waals surface area contributed by atoms with Crippen LogP contribution < -0.4 is 0 Å². The van der Waals surface area contributed by atoms with E-state index in [1.54, 1.807) is 17.5 Å². The number of unbranched alkanes of at least 4 members (excludes halogenated alkanes) is 2. The van der Waals surface area contributed by atoms with Gasteiger partial charge in [0.1, 0.15) is 0 Å². The number of thiophene rings is 1. The SMILES string of the molecule is O=C(O)CCCCC=C(c1cccnc1)c1cc2ccccc2s1. The van der Waals surface area contributed by atoms with Crippen LogP contribution in [0.5, 0.6) is 0 Å². The number of aliphatic carboxylic acids is 1. The number of carboxylic acid groups (broad SMARTS) is 1. The van der Waals surface area contributed by atoms with E-state index < -0.39 is 5.97 Å². The molecule has 0 bridgehead atoms. The first-order chi connectivity index (χ1) is 11.7. The lowest BCUT2D eigenvalue weighted by Crippen LogP contribution is -1.93. The molecule has 0 atom stereocenters. The van der Waals surface area contributed by atoms with Gasteiger partial charge in [0, 0.05) is 34.0 Å².